The molecule has 0 amide bonds. The maximum Gasteiger partial charge on any atom is 0.191 e. The van der Waals surface area contributed by atoms with Crippen LogP contribution in [0.3, 0.4) is 0 Å². The lowest BCUT2D eigenvalue weighted by Crippen LogP contribution is -2.21. The zero-order chi connectivity index (χ0) is 14.5. The van der Waals surface area contributed by atoms with Crippen LogP contribution in [-0.2, 0) is 13.0 Å². The summed E-state index contributed by atoms with van der Waals surface area (Å²) in [6, 6.07) is 3.93. The SMILES string of the molecule is CCC(N)Cc1cc(F)c(OCc2ccno2)c(F)c1. The standard InChI is InChI=1S/C14H16F2N2O2/c1-2-10(17)5-9-6-12(15)14(13(16)7-9)19-8-11-3-4-18-20-11/h3-4,6-7,10H,2,5,8,17H2,1H3. The molecule has 0 bridgehead atoms. The van der Waals surface area contributed by atoms with E-state index >= 15 is 0 Å². The summed E-state index contributed by atoms with van der Waals surface area (Å²) >= 11 is 0. The third-order valence-electron chi connectivity index (χ3n) is 2.93. The monoisotopic (exact) mass is 282 g/mol. The van der Waals surface area contributed by atoms with E-state index in [0.29, 0.717) is 17.7 Å². The summed E-state index contributed by atoms with van der Waals surface area (Å²) in [5.41, 5.74) is 6.29. The molecule has 0 saturated heterocycles. The number of benzene rings is 1. The molecule has 1 heterocycles. The zero-order valence-corrected chi connectivity index (χ0v) is 11.1. The van der Waals surface area contributed by atoms with Crippen LogP contribution < -0.4 is 10.5 Å². The number of aromatic nitrogens is 1. The third kappa shape index (κ3) is 3.54. The fourth-order valence-corrected chi connectivity index (χ4v) is 1.78. The summed E-state index contributed by atoms with van der Waals surface area (Å²) in [4.78, 5) is 0. The van der Waals surface area contributed by atoms with Gasteiger partial charge in [0.05, 0.1) is 6.20 Å². The Morgan fingerprint density at radius 1 is 1.35 bits per heavy atom. The summed E-state index contributed by atoms with van der Waals surface area (Å²) in [5, 5.41) is 3.48. The van der Waals surface area contributed by atoms with Gasteiger partial charge in [-0.3, -0.25) is 0 Å². The Bertz CT molecular complexity index is 535. The molecule has 0 saturated carbocycles. The third-order valence-corrected chi connectivity index (χ3v) is 2.93. The highest BCUT2D eigenvalue weighted by Crippen LogP contribution is 2.25. The van der Waals surface area contributed by atoms with Gasteiger partial charge in [-0.25, -0.2) is 8.78 Å². The molecule has 6 heteroatoms. The van der Waals surface area contributed by atoms with Crippen LogP contribution in [0.15, 0.2) is 28.9 Å². The summed E-state index contributed by atoms with van der Waals surface area (Å²) in [6.45, 7) is 1.84. The van der Waals surface area contributed by atoms with Crippen LogP contribution in [0.2, 0.25) is 0 Å². The quantitative estimate of drug-likeness (QED) is 0.885. The number of nitrogens with zero attached hydrogens (tertiary/aromatic N) is 1. The summed E-state index contributed by atoms with van der Waals surface area (Å²) < 4.78 is 37.6. The maximum absolute atomic E-state index is 13.8. The number of hydrogen-bond donors (Lipinski definition) is 1. The molecule has 20 heavy (non-hydrogen) atoms. The normalized spacial score (nSPS) is 12.4. The lowest BCUT2D eigenvalue weighted by molar-refractivity contribution is 0.230. The van der Waals surface area contributed by atoms with Gasteiger partial charge in [0, 0.05) is 12.1 Å². The van der Waals surface area contributed by atoms with Crippen LogP contribution in [-0.4, -0.2) is 11.2 Å². The highest BCUT2D eigenvalue weighted by molar-refractivity contribution is 5.32. The van der Waals surface area contributed by atoms with Gasteiger partial charge in [-0.05, 0) is 30.5 Å². The van der Waals surface area contributed by atoms with E-state index < -0.39 is 17.4 Å². The Morgan fingerprint density at radius 2 is 2.05 bits per heavy atom. The van der Waals surface area contributed by atoms with Gasteiger partial charge in [0.1, 0.15) is 6.61 Å². The second-order valence-electron chi connectivity index (χ2n) is 4.53. The summed E-state index contributed by atoms with van der Waals surface area (Å²) in [7, 11) is 0. The van der Waals surface area contributed by atoms with Crippen LogP contribution in [0.1, 0.15) is 24.7 Å². The zero-order valence-electron chi connectivity index (χ0n) is 11.1. The molecule has 1 atom stereocenters. The van der Waals surface area contributed by atoms with Gasteiger partial charge in [0.15, 0.2) is 23.1 Å². The molecule has 0 radical (unpaired) electrons. The lowest BCUT2D eigenvalue weighted by atomic mass is 10.0. The summed E-state index contributed by atoms with van der Waals surface area (Å²) in [6.07, 6.45) is 2.60. The fourth-order valence-electron chi connectivity index (χ4n) is 1.78. The molecule has 0 aliphatic carbocycles. The minimum absolute atomic E-state index is 0.0817. The molecular weight excluding hydrogens is 266 g/mol. The maximum atomic E-state index is 13.8. The van der Waals surface area contributed by atoms with Gasteiger partial charge in [0.2, 0.25) is 0 Å². The number of hydrogen-bond acceptors (Lipinski definition) is 4. The molecule has 0 aliphatic rings. The Kier molecular flexibility index (Phi) is 4.68. The number of halogens is 2. The molecule has 0 aliphatic heterocycles. The Morgan fingerprint density at radius 3 is 2.60 bits per heavy atom. The Hall–Kier alpha value is -1.95. The molecule has 2 N–H and O–H groups in total. The van der Waals surface area contributed by atoms with E-state index in [1.807, 2.05) is 6.92 Å². The van der Waals surface area contributed by atoms with Crippen LogP contribution in [0.5, 0.6) is 5.75 Å². The van der Waals surface area contributed by atoms with Crippen molar-refractivity contribution in [3.63, 3.8) is 0 Å². The van der Waals surface area contributed by atoms with Gasteiger partial charge in [-0.1, -0.05) is 12.1 Å². The van der Waals surface area contributed by atoms with E-state index in [2.05, 4.69) is 5.16 Å². The summed E-state index contributed by atoms with van der Waals surface area (Å²) in [5.74, 6) is -1.53. The van der Waals surface area contributed by atoms with Crippen molar-refractivity contribution in [3.05, 3.63) is 47.4 Å². The molecule has 1 unspecified atom stereocenters. The molecule has 4 nitrogen and oxygen atoms in total. The molecule has 0 spiro atoms. The van der Waals surface area contributed by atoms with Crippen molar-refractivity contribution in [1.82, 2.24) is 5.16 Å². The Labute approximate surface area is 115 Å². The molecular formula is C14H16F2N2O2. The van der Waals surface area contributed by atoms with Gasteiger partial charge >= 0.3 is 0 Å². The van der Waals surface area contributed by atoms with Gasteiger partial charge in [-0.2, -0.15) is 0 Å². The van der Waals surface area contributed by atoms with E-state index in [9.17, 15) is 8.78 Å². The first-order valence-electron chi connectivity index (χ1n) is 6.36. The topological polar surface area (TPSA) is 61.3 Å². The van der Waals surface area contributed by atoms with Crippen LogP contribution in [0.4, 0.5) is 8.78 Å². The highest BCUT2D eigenvalue weighted by Gasteiger charge is 2.14. The smallest absolute Gasteiger partial charge is 0.191 e. The molecule has 2 aromatic rings. The van der Waals surface area contributed by atoms with Gasteiger partial charge in [-0.15, -0.1) is 0 Å². The fraction of sp³-hybridized carbons (Fsp3) is 0.357. The van der Waals surface area contributed by atoms with Crippen molar-refractivity contribution in [1.29, 1.82) is 0 Å². The van der Waals surface area contributed by atoms with Crippen LogP contribution >= 0.6 is 0 Å². The molecule has 108 valence electrons. The first-order valence-corrected chi connectivity index (χ1v) is 6.36. The van der Waals surface area contributed by atoms with Gasteiger partial charge in [0.25, 0.3) is 0 Å². The van der Waals surface area contributed by atoms with E-state index in [1.54, 1.807) is 6.07 Å². The van der Waals surface area contributed by atoms with Crippen molar-refractivity contribution in [2.45, 2.75) is 32.4 Å². The molecule has 2 rings (SSSR count). The first kappa shape index (κ1) is 14.5. The van der Waals surface area contributed by atoms with Crippen molar-refractivity contribution in [2.75, 3.05) is 0 Å². The number of nitrogens with two attached hydrogens (primary N) is 1. The predicted molar refractivity (Wildman–Crippen MR) is 69.2 cm³/mol. The predicted octanol–water partition coefficient (Wildman–Crippen LogP) is 2.81. The van der Waals surface area contributed by atoms with Gasteiger partial charge < -0.3 is 15.0 Å². The van der Waals surface area contributed by atoms with E-state index in [0.717, 1.165) is 6.42 Å². The minimum Gasteiger partial charge on any atom is -0.479 e. The Balaban J connectivity index is 2.10. The number of rotatable bonds is 6. The average molecular weight is 282 g/mol. The molecule has 1 aromatic heterocycles. The average Bonchev–Trinajstić information content (AvgIpc) is 2.90. The van der Waals surface area contributed by atoms with E-state index in [1.165, 1.54) is 18.3 Å². The van der Waals surface area contributed by atoms with Crippen molar-refractivity contribution in [2.24, 2.45) is 5.73 Å². The number of ether oxygens (including phenoxy) is 1. The van der Waals surface area contributed by atoms with Crippen molar-refractivity contribution in [3.8, 4) is 5.75 Å². The first-order chi connectivity index (χ1) is 9.60. The van der Waals surface area contributed by atoms with E-state index in [4.69, 9.17) is 15.0 Å². The highest BCUT2D eigenvalue weighted by atomic mass is 19.1. The second-order valence-corrected chi connectivity index (χ2v) is 4.53. The second kappa shape index (κ2) is 6.47. The molecule has 1 aromatic carbocycles. The molecule has 0 fully saturated rings. The van der Waals surface area contributed by atoms with Crippen LogP contribution in [0, 0.1) is 11.6 Å². The van der Waals surface area contributed by atoms with Crippen molar-refractivity contribution >= 4 is 0 Å². The van der Waals surface area contributed by atoms with E-state index in [-0.39, 0.29) is 12.6 Å². The van der Waals surface area contributed by atoms with Crippen LogP contribution in [0.25, 0.3) is 0 Å². The lowest BCUT2D eigenvalue weighted by Gasteiger charge is -2.11. The minimum atomic E-state index is -0.747. The largest absolute Gasteiger partial charge is 0.479 e. The van der Waals surface area contributed by atoms with Crippen molar-refractivity contribution < 1.29 is 18.0 Å².